The number of aliphatic carboxylic acids is 1. The Bertz CT molecular complexity index is 1520. The molecule has 3 rings (SSSR count). The Balaban J connectivity index is 1.93. The smallest absolute Gasteiger partial charge is 0.337 e. The number of carboxylic acid groups (broad SMARTS) is 1. The molecule has 1 saturated carbocycles. The summed E-state index contributed by atoms with van der Waals surface area (Å²) in [5, 5.41) is 9.44. The van der Waals surface area contributed by atoms with Crippen LogP contribution in [-0.2, 0) is 10.2 Å². The van der Waals surface area contributed by atoms with E-state index in [1.54, 1.807) is 6.07 Å². The van der Waals surface area contributed by atoms with Crippen LogP contribution in [0.15, 0.2) is 63.9 Å². The number of ketones is 1. The lowest BCUT2D eigenvalue weighted by atomic mass is 9.72. The van der Waals surface area contributed by atoms with Crippen molar-refractivity contribution in [3.63, 3.8) is 0 Å². The molecule has 1 atom stereocenters. The van der Waals surface area contributed by atoms with Gasteiger partial charge in [-0.25, -0.2) is 9.78 Å². The number of furan rings is 1. The van der Waals surface area contributed by atoms with Gasteiger partial charge >= 0.3 is 5.97 Å². The van der Waals surface area contributed by atoms with Crippen molar-refractivity contribution in [1.29, 1.82) is 0 Å². The average molecular weight is 615 g/mol. The van der Waals surface area contributed by atoms with Crippen molar-refractivity contribution in [1.82, 2.24) is 4.98 Å². The standard InChI is InChI=1S/C39H54N2O4/c1-12-14-16-28(26(4)40-24-29(15-13-2)36(43)44)23-39(10,11)25(3)34(42)33-22-32-35(45-33)30(37(5,6)7)21-31(41-32)27-17-19-38(8,9)20-18-27/h15,21-22,24,27-28H,2-3,12,14,16-20,23H2,1,4-11H3,(H,43,44)/b29-24+,40-26+. The topological polar surface area (TPSA) is 92.8 Å². The first-order valence-electron chi connectivity index (χ1n) is 16.4. The zero-order valence-corrected chi connectivity index (χ0v) is 29.1. The first-order valence-corrected chi connectivity index (χ1v) is 16.4. The molecule has 2 heterocycles. The third kappa shape index (κ3) is 9.04. The number of unbranched alkanes of at least 4 members (excludes halogenated alkanes) is 1. The largest absolute Gasteiger partial charge is 0.478 e. The van der Waals surface area contributed by atoms with Crippen molar-refractivity contribution in [2.24, 2.45) is 21.7 Å². The van der Waals surface area contributed by atoms with Crippen molar-refractivity contribution in [3.8, 4) is 0 Å². The maximum absolute atomic E-state index is 14.0. The van der Waals surface area contributed by atoms with Crippen LogP contribution >= 0.6 is 0 Å². The Labute approximate surface area is 270 Å². The molecule has 0 spiro atoms. The Kier molecular flexibility index (Phi) is 11.4. The molecule has 6 nitrogen and oxygen atoms in total. The van der Waals surface area contributed by atoms with E-state index in [1.165, 1.54) is 25.1 Å². The van der Waals surface area contributed by atoms with Gasteiger partial charge in [-0.2, -0.15) is 0 Å². The maximum atomic E-state index is 14.0. The number of fused-ring (bicyclic) bond motifs is 1. The number of hydrogen-bond acceptors (Lipinski definition) is 5. The molecular formula is C39H54N2O4. The van der Waals surface area contributed by atoms with Gasteiger partial charge in [0.2, 0.25) is 5.78 Å². The van der Waals surface area contributed by atoms with E-state index in [-0.39, 0.29) is 28.4 Å². The van der Waals surface area contributed by atoms with Gasteiger partial charge in [-0.3, -0.25) is 9.79 Å². The minimum atomic E-state index is -1.09. The van der Waals surface area contributed by atoms with Crippen LogP contribution in [0.2, 0.25) is 0 Å². The van der Waals surface area contributed by atoms with Gasteiger partial charge in [-0.05, 0) is 79.8 Å². The molecule has 2 aromatic rings. The summed E-state index contributed by atoms with van der Waals surface area (Å²) in [6.45, 7) is 27.1. The number of rotatable bonds is 13. The fourth-order valence-corrected chi connectivity index (χ4v) is 6.26. The predicted octanol–water partition coefficient (Wildman–Crippen LogP) is 10.5. The minimum Gasteiger partial charge on any atom is -0.478 e. The fourth-order valence-electron chi connectivity index (χ4n) is 6.26. The lowest BCUT2D eigenvalue weighted by Gasteiger charge is -2.34. The molecular weight excluding hydrogens is 560 g/mol. The zero-order valence-electron chi connectivity index (χ0n) is 29.1. The number of allylic oxidation sites excluding steroid dienone is 1. The van der Waals surface area contributed by atoms with Crippen LogP contribution in [0.3, 0.4) is 0 Å². The molecule has 1 unspecified atom stereocenters. The average Bonchev–Trinajstić information content (AvgIpc) is 3.39. The Morgan fingerprint density at radius 1 is 1.20 bits per heavy atom. The first kappa shape index (κ1) is 36.0. The second-order valence-electron chi connectivity index (χ2n) is 15.4. The molecule has 0 aromatic carbocycles. The number of carbonyl (C=O) groups is 2. The van der Waals surface area contributed by atoms with E-state index < -0.39 is 11.4 Å². The number of aromatic nitrogens is 1. The van der Waals surface area contributed by atoms with E-state index in [1.807, 2.05) is 20.8 Å². The summed E-state index contributed by atoms with van der Waals surface area (Å²) in [5.41, 5.74) is 7.01. The van der Waals surface area contributed by atoms with Gasteiger partial charge in [-0.1, -0.05) is 81.4 Å². The molecule has 0 amide bonds. The Morgan fingerprint density at radius 3 is 2.40 bits per heavy atom. The van der Waals surface area contributed by atoms with Crippen LogP contribution < -0.4 is 0 Å². The van der Waals surface area contributed by atoms with Crippen LogP contribution in [-0.4, -0.2) is 27.6 Å². The molecule has 1 aliphatic carbocycles. The van der Waals surface area contributed by atoms with Crippen molar-refractivity contribution in [3.05, 3.63) is 71.5 Å². The summed E-state index contributed by atoms with van der Waals surface area (Å²) in [7, 11) is 0. The monoisotopic (exact) mass is 614 g/mol. The Morgan fingerprint density at radius 2 is 1.84 bits per heavy atom. The van der Waals surface area contributed by atoms with Crippen molar-refractivity contribution in [2.75, 3.05) is 0 Å². The molecule has 0 saturated heterocycles. The quantitative estimate of drug-likeness (QED) is 0.0796. The molecule has 6 heteroatoms. The van der Waals surface area contributed by atoms with Crippen molar-refractivity contribution < 1.29 is 19.1 Å². The van der Waals surface area contributed by atoms with E-state index in [0.717, 1.165) is 54.6 Å². The van der Waals surface area contributed by atoms with E-state index in [4.69, 9.17) is 9.40 Å². The minimum absolute atomic E-state index is 0.0149. The van der Waals surface area contributed by atoms with Gasteiger partial charge in [0.1, 0.15) is 5.52 Å². The summed E-state index contributed by atoms with van der Waals surface area (Å²) < 4.78 is 6.33. The molecule has 0 radical (unpaired) electrons. The first-order chi connectivity index (χ1) is 20.9. The Hall–Kier alpha value is -3.50. The molecule has 0 aliphatic heterocycles. The highest BCUT2D eigenvalue weighted by atomic mass is 16.4. The van der Waals surface area contributed by atoms with Gasteiger partial charge in [0.15, 0.2) is 11.3 Å². The number of aliphatic imine (C=N–C) groups is 1. The van der Waals surface area contributed by atoms with Gasteiger partial charge < -0.3 is 9.52 Å². The SMILES string of the molecule is C=C=C/C(=C\N=C(/C)C(CCCC)CC(C)(C)C(=C)C(=O)c1cc2nc(C3CCC(C)(C)CC3)cc(C(C)(C)C)c2o1)C(=O)O. The van der Waals surface area contributed by atoms with Crippen LogP contribution in [0.1, 0.15) is 141 Å². The predicted molar refractivity (Wildman–Crippen MR) is 185 cm³/mol. The number of Topliss-reactive ketones (excluding diaryl/α,β-unsaturated/α-hetero) is 1. The highest BCUT2D eigenvalue weighted by molar-refractivity contribution is 6.09. The lowest BCUT2D eigenvalue weighted by Crippen LogP contribution is -2.27. The molecule has 1 N–H and O–H groups in total. The van der Waals surface area contributed by atoms with Gasteiger partial charge in [0.25, 0.3) is 0 Å². The summed E-state index contributed by atoms with van der Waals surface area (Å²) >= 11 is 0. The lowest BCUT2D eigenvalue weighted by molar-refractivity contribution is -0.132. The second kappa shape index (κ2) is 14.3. The van der Waals surface area contributed by atoms with Gasteiger partial charge in [-0.15, -0.1) is 5.73 Å². The van der Waals surface area contributed by atoms with E-state index in [9.17, 15) is 14.7 Å². The number of carboxylic acids is 1. The highest BCUT2D eigenvalue weighted by Gasteiger charge is 2.34. The maximum Gasteiger partial charge on any atom is 0.337 e. The normalized spacial score (nSPS) is 17.2. The molecule has 1 fully saturated rings. The van der Waals surface area contributed by atoms with Gasteiger partial charge in [0.05, 0.1) is 5.57 Å². The summed E-state index contributed by atoms with van der Waals surface area (Å²) in [6, 6.07) is 4.01. The molecule has 2 aromatic heterocycles. The number of hydrogen-bond donors (Lipinski definition) is 1. The zero-order chi connectivity index (χ0) is 33.7. The molecule has 0 bridgehead atoms. The fraction of sp³-hybridized carbons (Fsp3) is 0.564. The van der Waals surface area contributed by atoms with E-state index >= 15 is 0 Å². The molecule has 45 heavy (non-hydrogen) atoms. The van der Waals surface area contributed by atoms with Gasteiger partial charge in [0, 0.05) is 40.7 Å². The van der Waals surface area contributed by atoms with E-state index in [0.29, 0.717) is 28.9 Å². The van der Waals surface area contributed by atoms with Crippen LogP contribution in [0.4, 0.5) is 0 Å². The van der Waals surface area contributed by atoms with Crippen LogP contribution in [0.25, 0.3) is 11.1 Å². The van der Waals surface area contributed by atoms with Crippen LogP contribution in [0, 0.1) is 16.7 Å². The third-order valence-corrected chi connectivity index (χ3v) is 9.54. The van der Waals surface area contributed by atoms with Crippen molar-refractivity contribution in [2.45, 2.75) is 125 Å². The van der Waals surface area contributed by atoms with E-state index in [2.05, 4.69) is 71.5 Å². The second-order valence-corrected chi connectivity index (χ2v) is 15.4. The molecule has 244 valence electrons. The highest BCUT2D eigenvalue weighted by Crippen LogP contribution is 2.44. The number of nitrogens with zero attached hydrogens (tertiary/aromatic N) is 2. The van der Waals surface area contributed by atoms with Crippen molar-refractivity contribution >= 4 is 28.6 Å². The summed E-state index contributed by atoms with van der Waals surface area (Å²) in [5.74, 6) is -0.588. The summed E-state index contributed by atoms with van der Waals surface area (Å²) in [4.78, 5) is 35.1. The number of carbonyl (C=O) groups excluding carboxylic acids is 1. The summed E-state index contributed by atoms with van der Waals surface area (Å²) in [6.07, 6.45) is 10.7. The number of pyridine rings is 1. The molecule has 1 aliphatic rings. The third-order valence-electron chi connectivity index (χ3n) is 9.54. The van der Waals surface area contributed by atoms with Crippen LogP contribution in [0.5, 0.6) is 0 Å².